The van der Waals surface area contributed by atoms with E-state index in [2.05, 4.69) is 21.4 Å². The molecule has 1 aliphatic heterocycles. The van der Waals surface area contributed by atoms with Crippen LogP contribution in [0, 0.1) is 24.1 Å². The Morgan fingerprint density at radius 1 is 1.11 bits per heavy atom. The van der Waals surface area contributed by atoms with Crippen molar-refractivity contribution in [2.24, 2.45) is 0 Å². The van der Waals surface area contributed by atoms with Crippen LogP contribution in [0.2, 0.25) is 0 Å². The zero-order valence-electron chi connectivity index (χ0n) is 17.9. The topological polar surface area (TPSA) is 117 Å². The number of alkyl halides is 3. The molecule has 35 heavy (non-hydrogen) atoms. The Balaban J connectivity index is 0.000000364. The van der Waals surface area contributed by atoms with E-state index in [1.165, 1.54) is 12.1 Å². The number of benzene rings is 2. The van der Waals surface area contributed by atoms with Crippen LogP contribution in [-0.2, 0) is 4.79 Å². The number of aliphatic carboxylic acids is 1. The lowest BCUT2D eigenvalue weighted by Gasteiger charge is -2.07. The van der Waals surface area contributed by atoms with Crippen LogP contribution < -0.4 is 5.32 Å². The van der Waals surface area contributed by atoms with Gasteiger partial charge in [0.1, 0.15) is 17.3 Å². The fraction of sp³-hybridized carbons (Fsp3) is 0.0833. The van der Waals surface area contributed by atoms with E-state index < -0.39 is 12.1 Å². The van der Waals surface area contributed by atoms with E-state index in [-0.39, 0.29) is 5.82 Å². The van der Waals surface area contributed by atoms with Gasteiger partial charge in [0.15, 0.2) is 5.82 Å². The highest BCUT2D eigenvalue weighted by Gasteiger charge is 2.38. The molecule has 0 saturated heterocycles. The number of halogens is 4. The van der Waals surface area contributed by atoms with Gasteiger partial charge < -0.3 is 10.1 Å². The Kier molecular flexibility index (Phi) is 5.96. The van der Waals surface area contributed by atoms with Crippen molar-refractivity contribution in [3.63, 3.8) is 0 Å². The van der Waals surface area contributed by atoms with Crippen LogP contribution in [0.25, 0.3) is 33.9 Å². The molecule has 0 unspecified atom stereocenters. The number of rotatable bonds is 1. The number of nitriles is 1. The number of aryl methyl sites for hydroxylation is 1. The smallest absolute Gasteiger partial charge is 0.475 e. The minimum atomic E-state index is -5.08. The van der Waals surface area contributed by atoms with Crippen molar-refractivity contribution in [3.8, 4) is 40.0 Å². The van der Waals surface area contributed by atoms with Gasteiger partial charge in [-0.05, 0) is 42.8 Å². The van der Waals surface area contributed by atoms with Crippen molar-refractivity contribution in [1.82, 2.24) is 20.3 Å². The molecule has 0 amide bonds. The lowest BCUT2D eigenvalue weighted by Crippen LogP contribution is -2.21. The number of H-pyrrole nitrogens is 1. The number of fused-ring (bicyclic) bond motifs is 5. The summed E-state index contributed by atoms with van der Waals surface area (Å²) in [7, 11) is 0. The third-order valence-electron chi connectivity index (χ3n) is 5.07. The Labute approximate surface area is 195 Å². The SMILES string of the molecule is Cc1cccc(C#N)c1-c1nc2c([nH]1)-c1ccc(F)cc1[N]c1ncccc1-2.O=C(O)C(F)(F)F. The molecule has 0 saturated carbocycles. The standard InChI is InChI=1S/C22H13FN5.C2HF3O2/c1-12-4-2-5-13(11-24)18(12)22-27-19-15-8-7-14(23)10-17(15)26-21-16(20(19)28-22)6-3-9-25-21;3-2(4,5)1(6)7/h2-10H,1H3,(H,27,28);(H,6,7). The number of pyridine rings is 1. The number of nitrogens with zero attached hydrogens (tertiary/aromatic N) is 4. The largest absolute Gasteiger partial charge is 0.490 e. The minimum absolute atomic E-state index is 0.367. The lowest BCUT2D eigenvalue weighted by atomic mass is 10.0. The summed E-state index contributed by atoms with van der Waals surface area (Å²) >= 11 is 0. The third-order valence-corrected chi connectivity index (χ3v) is 5.07. The van der Waals surface area contributed by atoms with Gasteiger partial charge in [-0.3, -0.25) is 0 Å². The van der Waals surface area contributed by atoms with Crippen LogP contribution in [0.5, 0.6) is 0 Å². The fourth-order valence-corrected chi connectivity index (χ4v) is 3.55. The Morgan fingerprint density at radius 2 is 1.86 bits per heavy atom. The van der Waals surface area contributed by atoms with E-state index in [1.54, 1.807) is 18.3 Å². The second kappa shape index (κ2) is 8.90. The molecular weight excluding hydrogens is 466 g/mol. The molecule has 2 aromatic heterocycles. The zero-order chi connectivity index (χ0) is 25.3. The van der Waals surface area contributed by atoms with Gasteiger partial charge in [0.05, 0.1) is 23.0 Å². The maximum atomic E-state index is 13.9. The number of imidazole rings is 1. The van der Waals surface area contributed by atoms with E-state index >= 15 is 0 Å². The molecule has 175 valence electrons. The van der Waals surface area contributed by atoms with Gasteiger partial charge in [0.25, 0.3) is 0 Å². The van der Waals surface area contributed by atoms with Crippen molar-refractivity contribution in [1.29, 1.82) is 5.26 Å². The molecule has 0 atom stereocenters. The quantitative estimate of drug-likeness (QED) is 0.301. The molecule has 11 heteroatoms. The summed E-state index contributed by atoms with van der Waals surface area (Å²) in [5, 5.41) is 21.2. The first kappa shape index (κ1) is 23.4. The molecule has 2 aromatic carbocycles. The second-order valence-electron chi connectivity index (χ2n) is 7.37. The maximum Gasteiger partial charge on any atom is 0.490 e. The molecular formula is C24H14F4N5O2. The summed E-state index contributed by atoms with van der Waals surface area (Å²) in [6.07, 6.45) is -3.44. The monoisotopic (exact) mass is 480 g/mol. The first-order chi connectivity index (χ1) is 16.6. The molecule has 4 aromatic rings. The highest BCUT2D eigenvalue weighted by atomic mass is 19.4. The predicted molar refractivity (Wildman–Crippen MR) is 117 cm³/mol. The van der Waals surface area contributed by atoms with Crippen LogP contribution in [0.3, 0.4) is 0 Å². The summed E-state index contributed by atoms with van der Waals surface area (Å²) < 4.78 is 45.6. The normalized spacial score (nSPS) is 11.4. The molecule has 7 nitrogen and oxygen atoms in total. The molecule has 0 fully saturated rings. The van der Waals surface area contributed by atoms with Gasteiger partial charge in [-0.15, -0.1) is 0 Å². The molecule has 0 spiro atoms. The number of hydrogen-bond acceptors (Lipinski definition) is 4. The highest BCUT2D eigenvalue weighted by molar-refractivity contribution is 5.92. The minimum Gasteiger partial charge on any atom is -0.475 e. The Bertz CT molecular complexity index is 1490. The average molecular weight is 480 g/mol. The van der Waals surface area contributed by atoms with Crippen LogP contribution in [0.15, 0.2) is 54.7 Å². The number of aromatic nitrogens is 3. The van der Waals surface area contributed by atoms with E-state index in [0.29, 0.717) is 28.6 Å². The number of nitrogens with one attached hydrogen (secondary N) is 1. The summed E-state index contributed by atoms with van der Waals surface area (Å²) in [6.45, 7) is 1.94. The lowest BCUT2D eigenvalue weighted by molar-refractivity contribution is -0.192. The molecule has 1 radical (unpaired) electrons. The highest BCUT2D eigenvalue weighted by Crippen LogP contribution is 2.44. The van der Waals surface area contributed by atoms with Crippen molar-refractivity contribution in [3.05, 3.63) is 71.7 Å². The molecule has 1 aliphatic rings. The Hall–Kier alpha value is -4.72. The summed E-state index contributed by atoms with van der Waals surface area (Å²) in [5.41, 5.74) is 5.62. The summed E-state index contributed by atoms with van der Waals surface area (Å²) in [6, 6.07) is 16.0. The number of carbonyl (C=O) groups is 1. The van der Waals surface area contributed by atoms with Crippen molar-refractivity contribution >= 4 is 17.5 Å². The van der Waals surface area contributed by atoms with Crippen LogP contribution >= 0.6 is 0 Å². The maximum absolute atomic E-state index is 13.9. The summed E-state index contributed by atoms with van der Waals surface area (Å²) in [5.74, 6) is -2.05. The van der Waals surface area contributed by atoms with E-state index in [1.807, 2.05) is 31.2 Å². The zero-order valence-corrected chi connectivity index (χ0v) is 17.9. The van der Waals surface area contributed by atoms with Gasteiger partial charge in [-0.1, -0.05) is 12.1 Å². The average Bonchev–Trinajstić information content (AvgIpc) is 3.18. The van der Waals surface area contributed by atoms with E-state index in [0.717, 1.165) is 27.9 Å². The predicted octanol–water partition coefficient (Wildman–Crippen LogP) is 5.64. The number of carboxylic acid groups (broad SMARTS) is 1. The van der Waals surface area contributed by atoms with Gasteiger partial charge in [-0.2, -0.15) is 18.4 Å². The van der Waals surface area contributed by atoms with E-state index in [9.17, 15) is 22.8 Å². The second-order valence-corrected chi connectivity index (χ2v) is 7.37. The molecule has 3 heterocycles. The first-order valence-electron chi connectivity index (χ1n) is 9.97. The summed E-state index contributed by atoms with van der Waals surface area (Å²) in [4.78, 5) is 21.4. The molecule has 2 N–H and O–H groups in total. The Morgan fingerprint density at radius 3 is 2.54 bits per heavy atom. The first-order valence-corrected chi connectivity index (χ1v) is 9.97. The third kappa shape index (κ3) is 4.54. The van der Waals surface area contributed by atoms with Crippen LogP contribution in [-0.4, -0.2) is 32.2 Å². The van der Waals surface area contributed by atoms with Crippen molar-refractivity contribution in [2.75, 3.05) is 0 Å². The number of carboxylic acids is 1. The fourth-order valence-electron chi connectivity index (χ4n) is 3.55. The van der Waals surface area contributed by atoms with E-state index in [4.69, 9.17) is 14.9 Å². The number of hydrogen-bond donors (Lipinski definition) is 2. The van der Waals surface area contributed by atoms with Gasteiger partial charge in [-0.25, -0.2) is 24.5 Å². The van der Waals surface area contributed by atoms with Crippen molar-refractivity contribution in [2.45, 2.75) is 13.1 Å². The van der Waals surface area contributed by atoms with Gasteiger partial charge in [0.2, 0.25) is 0 Å². The molecule has 5 rings (SSSR count). The molecule has 0 bridgehead atoms. The van der Waals surface area contributed by atoms with Gasteiger partial charge >= 0.3 is 12.1 Å². The number of aromatic amines is 1. The molecule has 0 aliphatic carbocycles. The van der Waals surface area contributed by atoms with Crippen LogP contribution in [0.1, 0.15) is 11.1 Å². The van der Waals surface area contributed by atoms with Crippen LogP contribution in [0.4, 0.5) is 29.1 Å². The van der Waals surface area contributed by atoms with Gasteiger partial charge in [0, 0.05) is 29.0 Å². The van der Waals surface area contributed by atoms with Crippen molar-refractivity contribution < 1.29 is 27.5 Å².